The quantitative estimate of drug-likeness (QED) is 0.706. The van der Waals surface area contributed by atoms with Gasteiger partial charge in [0.15, 0.2) is 0 Å². The summed E-state index contributed by atoms with van der Waals surface area (Å²) in [6.07, 6.45) is 3.87. The van der Waals surface area contributed by atoms with Gasteiger partial charge in [-0.25, -0.2) is 0 Å². The Hall–Kier alpha value is -1.55. The predicted octanol–water partition coefficient (Wildman–Crippen LogP) is 2.04. The molecule has 0 fully saturated rings. The van der Waals surface area contributed by atoms with Crippen molar-refractivity contribution < 1.29 is 9.90 Å². The summed E-state index contributed by atoms with van der Waals surface area (Å²) >= 11 is 0. The standard InChI is InChI=1S/C15H24N2O2/c1-17(2)14-9-7-13(8-10-14)15(19)16-11-5-3-4-6-12-18/h7-10,18H,3-6,11-12H2,1-2H3,(H,16,19). The van der Waals surface area contributed by atoms with Crippen LogP contribution in [0.1, 0.15) is 36.0 Å². The summed E-state index contributed by atoms with van der Waals surface area (Å²) in [5.41, 5.74) is 1.78. The number of carbonyl (C=O) groups is 1. The van der Waals surface area contributed by atoms with E-state index in [1.807, 2.05) is 43.3 Å². The first-order valence-corrected chi connectivity index (χ1v) is 6.81. The molecule has 0 aliphatic rings. The van der Waals surface area contributed by atoms with Crippen molar-refractivity contribution in [3.8, 4) is 0 Å². The number of nitrogens with zero attached hydrogens (tertiary/aromatic N) is 1. The molecule has 4 heteroatoms. The molecule has 2 N–H and O–H groups in total. The molecule has 1 rings (SSSR count). The Kier molecular flexibility index (Phi) is 6.97. The number of rotatable bonds is 8. The number of hydrogen-bond acceptors (Lipinski definition) is 3. The fraction of sp³-hybridized carbons (Fsp3) is 0.533. The molecule has 1 aromatic carbocycles. The second-order valence-electron chi connectivity index (χ2n) is 4.84. The summed E-state index contributed by atoms with van der Waals surface area (Å²) in [5.74, 6) is -0.0209. The molecule has 4 nitrogen and oxygen atoms in total. The summed E-state index contributed by atoms with van der Waals surface area (Å²) in [7, 11) is 3.95. The Labute approximate surface area is 115 Å². The van der Waals surface area contributed by atoms with Gasteiger partial charge < -0.3 is 15.3 Å². The van der Waals surface area contributed by atoms with Crippen LogP contribution >= 0.6 is 0 Å². The van der Waals surface area contributed by atoms with Crippen molar-refractivity contribution in [1.29, 1.82) is 0 Å². The number of nitrogens with one attached hydrogen (secondary N) is 1. The lowest BCUT2D eigenvalue weighted by atomic mass is 10.1. The Morgan fingerprint density at radius 3 is 2.32 bits per heavy atom. The van der Waals surface area contributed by atoms with Crippen LogP contribution in [-0.2, 0) is 0 Å². The van der Waals surface area contributed by atoms with Gasteiger partial charge in [-0.3, -0.25) is 4.79 Å². The Morgan fingerprint density at radius 2 is 1.74 bits per heavy atom. The maximum Gasteiger partial charge on any atom is 0.251 e. The third-order valence-electron chi connectivity index (χ3n) is 3.02. The molecular formula is C15H24N2O2. The summed E-state index contributed by atoms with van der Waals surface area (Å²) < 4.78 is 0. The number of carbonyl (C=O) groups excluding carboxylic acids is 1. The van der Waals surface area contributed by atoms with Crippen LogP contribution in [0.15, 0.2) is 24.3 Å². The lowest BCUT2D eigenvalue weighted by Crippen LogP contribution is -2.24. The highest BCUT2D eigenvalue weighted by Crippen LogP contribution is 2.12. The minimum atomic E-state index is -0.0209. The molecule has 0 saturated carbocycles. The summed E-state index contributed by atoms with van der Waals surface area (Å²) in [6, 6.07) is 7.57. The van der Waals surface area contributed by atoms with E-state index in [2.05, 4.69) is 5.32 Å². The van der Waals surface area contributed by atoms with Gasteiger partial charge in [0.05, 0.1) is 0 Å². The van der Waals surface area contributed by atoms with Crippen molar-refractivity contribution in [3.05, 3.63) is 29.8 Å². The Morgan fingerprint density at radius 1 is 1.11 bits per heavy atom. The first-order valence-electron chi connectivity index (χ1n) is 6.81. The van der Waals surface area contributed by atoms with Crippen LogP contribution in [-0.4, -0.2) is 38.3 Å². The molecule has 0 spiro atoms. The van der Waals surface area contributed by atoms with E-state index in [4.69, 9.17) is 5.11 Å². The van der Waals surface area contributed by atoms with Crippen LogP contribution in [0.3, 0.4) is 0 Å². The molecule has 0 radical (unpaired) electrons. The van der Waals surface area contributed by atoms with Gasteiger partial charge >= 0.3 is 0 Å². The van der Waals surface area contributed by atoms with Gasteiger partial charge in [0.1, 0.15) is 0 Å². The maximum atomic E-state index is 11.8. The van der Waals surface area contributed by atoms with Crippen LogP contribution in [0.4, 0.5) is 5.69 Å². The second-order valence-corrected chi connectivity index (χ2v) is 4.84. The van der Waals surface area contributed by atoms with Gasteiger partial charge in [-0.15, -0.1) is 0 Å². The monoisotopic (exact) mass is 264 g/mol. The smallest absolute Gasteiger partial charge is 0.251 e. The van der Waals surface area contributed by atoms with E-state index in [0.29, 0.717) is 12.1 Å². The third-order valence-corrected chi connectivity index (χ3v) is 3.02. The van der Waals surface area contributed by atoms with Crippen molar-refractivity contribution in [1.82, 2.24) is 5.32 Å². The van der Waals surface area contributed by atoms with Crippen molar-refractivity contribution >= 4 is 11.6 Å². The van der Waals surface area contributed by atoms with Crippen molar-refractivity contribution in [2.45, 2.75) is 25.7 Å². The number of hydrogen-bond donors (Lipinski definition) is 2. The zero-order valence-corrected chi connectivity index (χ0v) is 11.9. The lowest BCUT2D eigenvalue weighted by Gasteiger charge is -2.12. The van der Waals surface area contributed by atoms with E-state index in [-0.39, 0.29) is 12.5 Å². The van der Waals surface area contributed by atoms with Gasteiger partial charge in [0, 0.05) is 38.5 Å². The van der Waals surface area contributed by atoms with Crippen molar-refractivity contribution in [3.63, 3.8) is 0 Å². The van der Waals surface area contributed by atoms with Crippen LogP contribution in [0, 0.1) is 0 Å². The average Bonchev–Trinajstić information content (AvgIpc) is 2.42. The second kappa shape index (κ2) is 8.53. The predicted molar refractivity (Wildman–Crippen MR) is 78.7 cm³/mol. The molecule has 0 saturated heterocycles. The van der Waals surface area contributed by atoms with Gasteiger partial charge in [0.2, 0.25) is 0 Å². The summed E-state index contributed by atoms with van der Waals surface area (Å²) in [6.45, 7) is 0.949. The molecule has 0 bridgehead atoms. The first-order chi connectivity index (χ1) is 9.15. The minimum Gasteiger partial charge on any atom is -0.396 e. The number of aliphatic hydroxyl groups is 1. The number of amides is 1. The van der Waals surface area contributed by atoms with Crippen LogP contribution in [0.25, 0.3) is 0 Å². The zero-order chi connectivity index (χ0) is 14.1. The first kappa shape index (κ1) is 15.5. The van der Waals surface area contributed by atoms with Gasteiger partial charge in [-0.05, 0) is 37.1 Å². The number of unbranched alkanes of at least 4 members (excludes halogenated alkanes) is 3. The molecule has 1 aromatic rings. The normalized spacial score (nSPS) is 10.3. The third kappa shape index (κ3) is 5.75. The maximum absolute atomic E-state index is 11.8. The molecule has 0 atom stereocenters. The fourth-order valence-corrected chi connectivity index (χ4v) is 1.81. The minimum absolute atomic E-state index is 0.0209. The van der Waals surface area contributed by atoms with Gasteiger partial charge in [0.25, 0.3) is 5.91 Å². The van der Waals surface area contributed by atoms with E-state index >= 15 is 0 Å². The molecule has 0 unspecified atom stereocenters. The summed E-state index contributed by atoms with van der Waals surface area (Å²) in [5, 5.41) is 11.6. The molecule has 19 heavy (non-hydrogen) atoms. The Bertz CT molecular complexity index is 374. The number of anilines is 1. The van der Waals surface area contributed by atoms with E-state index < -0.39 is 0 Å². The van der Waals surface area contributed by atoms with Crippen LogP contribution < -0.4 is 10.2 Å². The topological polar surface area (TPSA) is 52.6 Å². The van der Waals surface area contributed by atoms with E-state index in [1.54, 1.807) is 0 Å². The number of aliphatic hydroxyl groups excluding tert-OH is 1. The largest absolute Gasteiger partial charge is 0.396 e. The molecule has 0 heterocycles. The lowest BCUT2D eigenvalue weighted by molar-refractivity contribution is 0.0953. The Balaban J connectivity index is 2.29. The van der Waals surface area contributed by atoms with Gasteiger partial charge in [-0.2, -0.15) is 0 Å². The SMILES string of the molecule is CN(C)c1ccc(C(=O)NCCCCCCO)cc1. The molecule has 0 aliphatic heterocycles. The fourth-order valence-electron chi connectivity index (χ4n) is 1.81. The molecule has 0 aliphatic carbocycles. The average molecular weight is 264 g/mol. The van der Waals surface area contributed by atoms with E-state index in [9.17, 15) is 4.79 Å². The highest BCUT2D eigenvalue weighted by atomic mass is 16.2. The molecular weight excluding hydrogens is 240 g/mol. The van der Waals surface area contributed by atoms with Crippen molar-refractivity contribution in [2.24, 2.45) is 0 Å². The van der Waals surface area contributed by atoms with Crippen LogP contribution in [0.5, 0.6) is 0 Å². The summed E-state index contributed by atoms with van der Waals surface area (Å²) in [4.78, 5) is 13.9. The molecule has 1 amide bonds. The van der Waals surface area contributed by atoms with Gasteiger partial charge in [-0.1, -0.05) is 12.8 Å². The highest BCUT2D eigenvalue weighted by Gasteiger charge is 2.04. The van der Waals surface area contributed by atoms with E-state index in [1.165, 1.54) is 0 Å². The molecule has 106 valence electrons. The van der Waals surface area contributed by atoms with Crippen LogP contribution in [0.2, 0.25) is 0 Å². The van der Waals surface area contributed by atoms with E-state index in [0.717, 1.165) is 31.4 Å². The zero-order valence-electron chi connectivity index (χ0n) is 11.9. The van der Waals surface area contributed by atoms with Crippen molar-refractivity contribution in [2.75, 3.05) is 32.1 Å². The number of benzene rings is 1. The highest BCUT2D eigenvalue weighted by molar-refractivity contribution is 5.94. The molecule has 0 aromatic heterocycles.